The predicted molar refractivity (Wildman–Crippen MR) is 88.6 cm³/mol. The molecule has 0 spiro atoms. The lowest BCUT2D eigenvalue weighted by atomic mass is 9.82. The van der Waals surface area contributed by atoms with E-state index in [1.807, 2.05) is 6.92 Å². The number of amides is 1. The highest BCUT2D eigenvalue weighted by molar-refractivity contribution is 7.89. The minimum absolute atomic E-state index is 0. The van der Waals surface area contributed by atoms with Gasteiger partial charge in [-0.05, 0) is 50.9 Å². The fourth-order valence-electron chi connectivity index (χ4n) is 2.52. The molecule has 124 valence electrons. The number of halogens is 1. The number of rotatable bonds is 3. The molecule has 8 heteroatoms. The third-order valence-electron chi connectivity index (χ3n) is 3.90. The first-order valence-electron chi connectivity index (χ1n) is 6.88. The van der Waals surface area contributed by atoms with Crippen LogP contribution in [0.4, 0.5) is 5.69 Å². The quantitative estimate of drug-likeness (QED) is 0.769. The first kappa shape index (κ1) is 18.9. The van der Waals surface area contributed by atoms with Crippen molar-refractivity contribution in [3.8, 4) is 0 Å². The third-order valence-corrected chi connectivity index (χ3v) is 4.95. The van der Waals surface area contributed by atoms with Gasteiger partial charge in [0.25, 0.3) is 0 Å². The minimum Gasteiger partial charge on any atom is -0.326 e. The summed E-state index contributed by atoms with van der Waals surface area (Å²) in [5.74, 6) is -0.112. The zero-order valence-corrected chi connectivity index (χ0v) is 14.3. The Balaban J connectivity index is 0.00000242. The Hall–Kier alpha value is -1.15. The fraction of sp³-hybridized carbons (Fsp3) is 0.500. The molecule has 0 radical (unpaired) electrons. The van der Waals surface area contributed by atoms with E-state index in [-0.39, 0.29) is 23.2 Å². The molecule has 1 atom stereocenters. The number of piperidine rings is 1. The van der Waals surface area contributed by atoms with E-state index >= 15 is 0 Å². The Bertz CT molecular complexity index is 655. The summed E-state index contributed by atoms with van der Waals surface area (Å²) >= 11 is 0. The summed E-state index contributed by atoms with van der Waals surface area (Å²) in [6.45, 7) is 5.11. The second-order valence-electron chi connectivity index (χ2n) is 5.82. The van der Waals surface area contributed by atoms with E-state index in [0.29, 0.717) is 17.8 Å². The number of aryl methyl sites for hydroxylation is 1. The van der Waals surface area contributed by atoms with Gasteiger partial charge in [0, 0.05) is 12.2 Å². The maximum absolute atomic E-state index is 12.4. The highest BCUT2D eigenvalue weighted by Gasteiger charge is 2.34. The molecule has 1 saturated heterocycles. The van der Waals surface area contributed by atoms with Crippen LogP contribution in [0.5, 0.6) is 0 Å². The molecule has 0 bridgehead atoms. The number of nitrogens with one attached hydrogen (secondary N) is 2. The Morgan fingerprint density at radius 1 is 1.41 bits per heavy atom. The zero-order chi connectivity index (χ0) is 15.7. The molecule has 0 aliphatic carbocycles. The predicted octanol–water partition coefficient (Wildman–Crippen LogP) is 1.39. The first-order valence-corrected chi connectivity index (χ1v) is 8.43. The van der Waals surface area contributed by atoms with Crippen LogP contribution in [-0.4, -0.2) is 27.4 Å². The molecule has 1 heterocycles. The molecule has 1 fully saturated rings. The van der Waals surface area contributed by atoms with Crippen molar-refractivity contribution < 1.29 is 13.2 Å². The highest BCUT2D eigenvalue weighted by atomic mass is 35.5. The van der Waals surface area contributed by atoms with Crippen LogP contribution in [0.25, 0.3) is 0 Å². The SMILES string of the molecule is Cc1ccc(NC(=O)C2(C)CCCNC2)cc1S(N)(=O)=O.Cl. The maximum Gasteiger partial charge on any atom is 0.238 e. The Kier molecular flexibility index (Phi) is 5.97. The van der Waals surface area contributed by atoms with Crippen molar-refractivity contribution in [2.45, 2.75) is 31.6 Å². The molecular formula is C14H22ClN3O3S. The van der Waals surface area contributed by atoms with Crippen molar-refractivity contribution >= 4 is 34.0 Å². The van der Waals surface area contributed by atoms with Gasteiger partial charge < -0.3 is 10.6 Å². The number of nitrogens with two attached hydrogens (primary N) is 1. The number of hydrogen-bond donors (Lipinski definition) is 3. The smallest absolute Gasteiger partial charge is 0.238 e. The number of carbonyl (C=O) groups excluding carboxylic acids is 1. The number of anilines is 1. The molecule has 1 aromatic carbocycles. The Morgan fingerprint density at radius 3 is 2.64 bits per heavy atom. The van der Waals surface area contributed by atoms with Gasteiger partial charge in [0.05, 0.1) is 10.3 Å². The molecule has 1 aliphatic heterocycles. The molecule has 6 nitrogen and oxygen atoms in total. The number of benzene rings is 1. The molecular weight excluding hydrogens is 326 g/mol. The average molecular weight is 348 g/mol. The van der Waals surface area contributed by atoms with Crippen LogP contribution in [0.2, 0.25) is 0 Å². The van der Waals surface area contributed by atoms with E-state index < -0.39 is 15.4 Å². The maximum atomic E-state index is 12.4. The zero-order valence-electron chi connectivity index (χ0n) is 12.7. The van der Waals surface area contributed by atoms with Gasteiger partial charge in [-0.15, -0.1) is 12.4 Å². The number of carbonyl (C=O) groups is 1. The van der Waals surface area contributed by atoms with Crippen molar-refractivity contribution in [2.24, 2.45) is 10.6 Å². The molecule has 0 saturated carbocycles. The molecule has 1 amide bonds. The van der Waals surface area contributed by atoms with Crippen molar-refractivity contribution in [1.29, 1.82) is 0 Å². The lowest BCUT2D eigenvalue weighted by Crippen LogP contribution is -2.46. The fourth-order valence-corrected chi connectivity index (χ4v) is 3.32. The summed E-state index contributed by atoms with van der Waals surface area (Å²) in [5.41, 5.74) is 0.521. The van der Waals surface area contributed by atoms with E-state index in [1.54, 1.807) is 19.1 Å². The van der Waals surface area contributed by atoms with Crippen molar-refractivity contribution in [3.63, 3.8) is 0 Å². The first-order chi connectivity index (χ1) is 9.72. The van der Waals surface area contributed by atoms with Crippen molar-refractivity contribution in [2.75, 3.05) is 18.4 Å². The standard InChI is InChI=1S/C14H21N3O3S.ClH/c1-10-4-5-11(8-12(10)21(15,19)20)17-13(18)14(2)6-3-7-16-9-14;/h4-5,8,16H,3,6-7,9H2,1-2H3,(H,17,18)(H2,15,19,20);1H. The van der Waals surface area contributed by atoms with Gasteiger partial charge >= 0.3 is 0 Å². The molecule has 2 rings (SSSR count). The van der Waals surface area contributed by atoms with E-state index in [0.717, 1.165) is 19.4 Å². The summed E-state index contributed by atoms with van der Waals surface area (Å²) in [6, 6.07) is 4.72. The van der Waals surface area contributed by atoms with Crippen LogP contribution in [0, 0.1) is 12.3 Å². The van der Waals surface area contributed by atoms with Gasteiger partial charge in [0.2, 0.25) is 15.9 Å². The van der Waals surface area contributed by atoms with E-state index in [4.69, 9.17) is 5.14 Å². The Morgan fingerprint density at radius 2 is 2.09 bits per heavy atom. The summed E-state index contributed by atoms with van der Waals surface area (Å²) in [6.07, 6.45) is 1.75. The van der Waals surface area contributed by atoms with Crippen LogP contribution in [0.3, 0.4) is 0 Å². The molecule has 1 unspecified atom stereocenters. The lowest BCUT2D eigenvalue weighted by molar-refractivity contribution is -0.125. The monoisotopic (exact) mass is 347 g/mol. The van der Waals surface area contributed by atoms with Gasteiger partial charge in [0.15, 0.2) is 0 Å². The van der Waals surface area contributed by atoms with Crippen LogP contribution in [0.1, 0.15) is 25.3 Å². The van der Waals surface area contributed by atoms with E-state index in [1.165, 1.54) is 6.07 Å². The number of hydrogen-bond acceptors (Lipinski definition) is 4. The van der Waals surface area contributed by atoms with Crippen molar-refractivity contribution in [3.05, 3.63) is 23.8 Å². The molecule has 0 aromatic heterocycles. The van der Waals surface area contributed by atoms with Crippen LogP contribution in [-0.2, 0) is 14.8 Å². The average Bonchev–Trinajstić information content (AvgIpc) is 2.40. The molecule has 1 aromatic rings. The number of sulfonamides is 1. The highest BCUT2D eigenvalue weighted by Crippen LogP contribution is 2.28. The van der Waals surface area contributed by atoms with Gasteiger partial charge in [-0.3, -0.25) is 4.79 Å². The van der Waals surface area contributed by atoms with Gasteiger partial charge in [-0.1, -0.05) is 6.07 Å². The largest absolute Gasteiger partial charge is 0.326 e. The van der Waals surface area contributed by atoms with Crippen LogP contribution < -0.4 is 15.8 Å². The van der Waals surface area contributed by atoms with Gasteiger partial charge in [0.1, 0.15) is 0 Å². The molecule has 1 aliphatic rings. The normalized spacial score (nSPS) is 21.8. The van der Waals surface area contributed by atoms with Gasteiger partial charge in [-0.2, -0.15) is 0 Å². The third kappa shape index (κ3) is 4.19. The van der Waals surface area contributed by atoms with Crippen LogP contribution >= 0.6 is 12.4 Å². The van der Waals surface area contributed by atoms with Crippen molar-refractivity contribution in [1.82, 2.24) is 5.32 Å². The second kappa shape index (κ2) is 6.95. The second-order valence-corrected chi connectivity index (χ2v) is 7.35. The summed E-state index contributed by atoms with van der Waals surface area (Å²) in [4.78, 5) is 12.4. The lowest BCUT2D eigenvalue weighted by Gasteiger charge is -2.32. The summed E-state index contributed by atoms with van der Waals surface area (Å²) in [7, 11) is -3.80. The minimum atomic E-state index is -3.80. The van der Waals surface area contributed by atoms with E-state index in [2.05, 4.69) is 10.6 Å². The van der Waals surface area contributed by atoms with Gasteiger partial charge in [-0.25, -0.2) is 13.6 Å². The topological polar surface area (TPSA) is 101 Å². The van der Waals surface area contributed by atoms with E-state index in [9.17, 15) is 13.2 Å². The summed E-state index contributed by atoms with van der Waals surface area (Å²) < 4.78 is 23.0. The molecule has 22 heavy (non-hydrogen) atoms. The number of primary sulfonamides is 1. The Labute approximate surface area is 137 Å². The van der Waals surface area contributed by atoms with Crippen LogP contribution in [0.15, 0.2) is 23.1 Å². The summed E-state index contributed by atoms with van der Waals surface area (Å²) in [5, 5.41) is 11.2. The molecule has 4 N–H and O–H groups in total.